The van der Waals surface area contributed by atoms with E-state index >= 15 is 0 Å². The molecule has 52 heavy (non-hydrogen) atoms. The maximum atomic E-state index is 12.7. The number of unbranched alkanes of at least 4 members (excludes halogenated alkanes) is 27. The smallest absolute Gasteiger partial charge is 0.387 e. The minimum Gasteiger partial charge on any atom is -0.387 e. The zero-order valence-electron chi connectivity index (χ0n) is 34.1. The zero-order valence-corrected chi connectivity index (χ0v) is 35.0. The molecule has 8 nitrogen and oxygen atoms in total. The van der Waals surface area contributed by atoms with Gasteiger partial charge in [0.1, 0.15) is 0 Å². The minimum absolute atomic E-state index is 0.0757. The van der Waals surface area contributed by atoms with E-state index in [0.29, 0.717) is 6.42 Å². The van der Waals surface area contributed by atoms with Gasteiger partial charge >= 0.3 is 7.82 Å². The fourth-order valence-corrected chi connectivity index (χ4v) is 7.20. The summed E-state index contributed by atoms with van der Waals surface area (Å²) in [6, 6.07) is -0.871. The summed E-state index contributed by atoms with van der Waals surface area (Å²) >= 11 is 0. The number of amides is 1. The van der Waals surface area contributed by atoms with Crippen LogP contribution in [0.15, 0.2) is 24.3 Å². The van der Waals surface area contributed by atoms with Crippen LogP contribution in [0.1, 0.15) is 213 Å². The van der Waals surface area contributed by atoms with Crippen LogP contribution in [-0.4, -0.2) is 47.8 Å². The van der Waals surface area contributed by atoms with Gasteiger partial charge in [-0.2, -0.15) is 0 Å². The quantitative estimate of drug-likeness (QED) is 0.0277. The monoisotopic (exact) mass is 757 g/mol. The number of nitrogens with two attached hydrogens (primary N) is 1. The van der Waals surface area contributed by atoms with E-state index in [9.17, 15) is 19.4 Å². The molecule has 3 atom stereocenters. The second-order valence-corrected chi connectivity index (χ2v) is 16.4. The van der Waals surface area contributed by atoms with Crippen molar-refractivity contribution in [2.24, 2.45) is 5.73 Å². The van der Waals surface area contributed by atoms with Crippen LogP contribution in [0.3, 0.4) is 0 Å². The second kappa shape index (κ2) is 39.7. The number of nitrogens with one attached hydrogen (secondary N) is 1. The van der Waals surface area contributed by atoms with Gasteiger partial charge in [-0.05, 0) is 32.1 Å². The lowest BCUT2D eigenvalue weighted by molar-refractivity contribution is -0.123. The fraction of sp³-hybridized carbons (Fsp3) is 0.884. The summed E-state index contributed by atoms with van der Waals surface area (Å²) in [5.41, 5.74) is 5.36. The van der Waals surface area contributed by atoms with Gasteiger partial charge in [0.15, 0.2) is 0 Å². The van der Waals surface area contributed by atoms with Crippen molar-refractivity contribution in [1.82, 2.24) is 5.32 Å². The molecule has 9 heteroatoms. The molecule has 0 rings (SSSR count). The molecule has 0 fully saturated rings. The molecule has 0 bridgehead atoms. The van der Waals surface area contributed by atoms with Crippen molar-refractivity contribution in [1.29, 1.82) is 0 Å². The molecule has 0 radical (unpaired) electrons. The molecule has 0 aliphatic rings. The van der Waals surface area contributed by atoms with E-state index in [-0.39, 0.29) is 25.7 Å². The van der Waals surface area contributed by atoms with E-state index in [1.165, 1.54) is 154 Å². The summed E-state index contributed by atoms with van der Waals surface area (Å²) in [6.45, 7) is 4.11. The number of phosphoric ester groups is 1. The Kier molecular flexibility index (Phi) is 38.9. The van der Waals surface area contributed by atoms with Gasteiger partial charge in [-0.15, -0.1) is 0 Å². The lowest BCUT2D eigenvalue weighted by Gasteiger charge is -2.23. The first kappa shape index (κ1) is 51.0. The van der Waals surface area contributed by atoms with Crippen LogP contribution in [-0.2, 0) is 18.4 Å². The molecular formula is C43H85N2O6P. The average Bonchev–Trinajstić information content (AvgIpc) is 3.13. The number of phosphoric acid groups is 1. The van der Waals surface area contributed by atoms with E-state index in [1.54, 1.807) is 6.08 Å². The van der Waals surface area contributed by atoms with Crippen molar-refractivity contribution >= 4 is 13.7 Å². The zero-order chi connectivity index (χ0) is 38.2. The van der Waals surface area contributed by atoms with Crippen LogP contribution >= 0.6 is 7.82 Å². The molecule has 0 saturated heterocycles. The summed E-state index contributed by atoms with van der Waals surface area (Å²) in [5.74, 6) is -0.202. The van der Waals surface area contributed by atoms with Gasteiger partial charge in [0.2, 0.25) is 5.91 Å². The molecule has 0 aromatic heterocycles. The van der Waals surface area contributed by atoms with Crippen molar-refractivity contribution in [3.8, 4) is 0 Å². The third-order valence-electron chi connectivity index (χ3n) is 9.78. The van der Waals surface area contributed by atoms with Crippen LogP contribution in [0.2, 0.25) is 0 Å². The number of rotatable bonds is 41. The van der Waals surface area contributed by atoms with Gasteiger partial charge < -0.3 is 21.1 Å². The van der Waals surface area contributed by atoms with E-state index < -0.39 is 20.0 Å². The molecule has 3 unspecified atom stereocenters. The second-order valence-electron chi connectivity index (χ2n) is 14.9. The molecule has 5 N–H and O–H groups in total. The number of hydrogen-bond donors (Lipinski definition) is 4. The Morgan fingerprint density at radius 3 is 1.48 bits per heavy atom. The van der Waals surface area contributed by atoms with Crippen molar-refractivity contribution < 1.29 is 28.4 Å². The van der Waals surface area contributed by atoms with Crippen LogP contribution in [0.5, 0.6) is 0 Å². The Labute approximate surface area is 321 Å². The van der Waals surface area contributed by atoms with Crippen molar-refractivity contribution in [3.05, 3.63) is 24.3 Å². The van der Waals surface area contributed by atoms with Crippen LogP contribution in [0.4, 0.5) is 0 Å². The number of hydrogen-bond acceptors (Lipinski definition) is 6. The van der Waals surface area contributed by atoms with Crippen LogP contribution < -0.4 is 11.1 Å². The molecule has 0 saturated carbocycles. The predicted molar refractivity (Wildman–Crippen MR) is 221 cm³/mol. The molecule has 1 amide bonds. The third kappa shape index (κ3) is 37.3. The highest BCUT2D eigenvalue weighted by atomic mass is 31.2. The standard InChI is InChI=1S/C43H85N2O6P/c1-3-5-7-9-11-13-15-17-18-19-20-21-22-23-24-25-27-29-31-33-35-37-43(47)45-41(40-51-52(48,49)50-39-38-44)42(46)36-34-32-30-28-26-16-14-12-10-8-6-4-2/h26,28,34,36,41-42,46H,3-25,27,29-33,35,37-40,44H2,1-2H3,(H,45,47)(H,48,49)/b28-26+,36-34+. The van der Waals surface area contributed by atoms with Gasteiger partial charge in [0.25, 0.3) is 0 Å². The van der Waals surface area contributed by atoms with Crippen molar-refractivity contribution in [2.45, 2.75) is 225 Å². The number of carbonyl (C=O) groups is 1. The highest BCUT2D eigenvalue weighted by molar-refractivity contribution is 7.47. The molecule has 308 valence electrons. The molecule has 0 aromatic rings. The number of aliphatic hydroxyl groups is 1. The predicted octanol–water partition coefficient (Wildman–Crippen LogP) is 12.2. The van der Waals surface area contributed by atoms with Gasteiger partial charge in [0.05, 0.1) is 25.4 Å². The highest BCUT2D eigenvalue weighted by Gasteiger charge is 2.26. The maximum absolute atomic E-state index is 12.7. The largest absolute Gasteiger partial charge is 0.472 e. The van der Waals surface area contributed by atoms with E-state index in [0.717, 1.165) is 38.5 Å². The maximum Gasteiger partial charge on any atom is 0.472 e. The lowest BCUT2D eigenvalue weighted by atomic mass is 10.0. The Morgan fingerprint density at radius 1 is 0.615 bits per heavy atom. The summed E-state index contributed by atoms with van der Waals surface area (Å²) in [4.78, 5) is 22.7. The first-order valence-corrected chi connectivity index (χ1v) is 23.5. The average molecular weight is 757 g/mol. The normalized spacial score (nSPS) is 14.3. The van der Waals surface area contributed by atoms with E-state index in [4.69, 9.17) is 14.8 Å². The Hall–Kier alpha value is -1.02. The molecule has 0 aliphatic carbocycles. The third-order valence-corrected chi connectivity index (χ3v) is 10.8. The molecule has 0 spiro atoms. The van der Waals surface area contributed by atoms with Gasteiger partial charge in [-0.1, -0.05) is 199 Å². The first-order valence-electron chi connectivity index (χ1n) is 22.0. The molecule has 0 heterocycles. The summed E-state index contributed by atoms with van der Waals surface area (Å²) in [5, 5.41) is 13.6. The van der Waals surface area contributed by atoms with Gasteiger partial charge in [-0.3, -0.25) is 13.8 Å². The van der Waals surface area contributed by atoms with Crippen molar-refractivity contribution in [2.75, 3.05) is 19.8 Å². The van der Waals surface area contributed by atoms with E-state index in [2.05, 4.69) is 31.3 Å². The number of carbonyl (C=O) groups excluding carboxylic acids is 1. The SMILES string of the molecule is CCCCCCCC/C=C/CC/C=C/C(O)C(COP(=O)(O)OCCN)NC(=O)CCCCCCCCCCCCCCCCCCCCCCC. The molecular weight excluding hydrogens is 671 g/mol. The Morgan fingerprint density at radius 2 is 1.02 bits per heavy atom. The van der Waals surface area contributed by atoms with Crippen LogP contribution in [0, 0.1) is 0 Å². The highest BCUT2D eigenvalue weighted by Crippen LogP contribution is 2.43. The summed E-state index contributed by atoms with van der Waals surface area (Å²) in [7, 11) is -4.34. The number of aliphatic hydroxyl groups excluding tert-OH is 1. The van der Waals surface area contributed by atoms with Crippen LogP contribution in [0.25, 0.3) is 0 Å². The van der Waals surface area contributed by atoms with Crippen molar-refractivity contribution in [3.63, 3.8) is 0 Å². The minimum atomic E-state index is -4.34. The Bertz CT molecular complexity index is 871. The summed E-state index contributed by atoms with van der Waals surface area (Å²) < 4.78 is 22.1. The van der Waals surface area contributed by atoms with Gasteiger partial charge in [0, 0.05) is 13.0 Å². The summed E-state index contributed by atoms with van der Waals surface area (Å²) in [6.07, 6.45) is 45.2. The Balaban J connectivity index is 4.12. The topological polar surface area (TPSA) is 131 Å². The lowest BCUT2D eigenvalue weighted by Crippen LogP contribution is -2.45. The fourth-order valence-electron chi connectivity index (χ4n) is 6.44. The molecule has 0 aromatic carbocycles. The van der Waals surface area contributed by atoms with E-state index in [1.807, 2.05) is 6.08 Å². The van der Waals surface area contributed by atoms with Gasteiger partial charge in [-0.25, -0.2) is 4.57 Å². The first-order chi connectivity index (χ1) is 25.4. The molecule has 0 aliphatic heterocycles. The number of allylic oxidation sites excluding steroid dienone is 3.